The van der Waals surface area contributed by atoms with E-state index in [1.54, 1.807) is 0 Å². The quantitative estimate of drug-likeness (QED) is 0.558. The Balaban J connectivity index is 2.25. The molecule has 0 radical (unpaired) electrons. The second-order valence-corrected chi connectivity index (χ2v) is 7.74. The van der Waals surface area contributed by atoms with Gasteiger partial charge in [0.1, 0.15) is 22.7 Å². The van der Waals surface area contributed by atoms with E-state index in [1.165, 1.54) is 7.11 Å². The second kappa shape index (κ2) is 7.26. The molecule has 1 aliphatic rings. The topological polar surface area (TPSA) is 55.8 Å². The van der Waals surface area contributed by atoms with Gasteiger partial charge in [0.05, 0.1) is 12.7 Å². The number of hydrogen-bond donors (Lipinski definition) is 1. The number of aromatic hydroxyl groups is 1. The van der Waals surface area contributed by atoms with E-state index in [2.05, 4.69) is 6.92 Å². The second-order valence-electron chi connectivity index (χ2n) is 7.74. The first-order chi connectivity index (χ1) is 12.8. The molecule has 4 nitrogen and oxygen atoms in total. The summed E-state index contributed by atoms with van der Waals surface area (Å²) in [6, 6.07) is 8.01. The van der Waals surface area contributed by atoms with Crippen molar-refractivity contribution in [3.63, 3.8) is 0 Å². The maximum Gasteiger partial charge on any atom is 0.341 e. The number of hydrogen-bond acceptors (Lipinski definition) is 4. The number of carbonyl (C=O) groups excluding carboxylic acids is 1. The Labute approximate surface area is 161 Å². The summed E-state index contributed by atoms with van der Waals surface area (Å²) in [7, 11) is 1.34. The average molecular weight is 368 g/mol. The number of aryl methyl sites for hydroxylation is 2. The number of rotatable bonds is 5. The number of carbonyl (C=O) groups is 1. The van der Waals surface area contributed by atoms with Crippen LogP contribution in [0.15, 0.2) is 24.3 Å². The van der Waals surface area contributed by atoms with E-state index >= 15 is 0 Å². The summed E-state index contributed by atoms with van der Waals surface area (Å²) in [6.07, 6.45) is 3.79. The Bertz CT molecular complexity index is 880. The van der Waals surface area contributed by atoms with Gasteiger partial charge >= 0.3 is 5.97 Å². The van der Waals surface area contributed by atoms with Crippen molar-refractivity contribution in [3.8, 4) is 22.6 Å². The van der Waals surface area contributed by atoms with Crippen molar-refractivity contribution >= 4 is 5.97 Å². The maximum atomic E-state index is 12.5. The number of benzene rings is 2. The van der Waals surface area contributed by atoms with Gasteiger partial charge in [0.2, 0.25) is 0 Å². The largest absolute Gasteiger partial charge is 0.506 e. The highest BCUT2D eigenvalue weighted by molar-refractivity contribution is 5.99. The van der Waals surface area contributed by atoms with Gasteiger partial charge in [-0.25, -0.2) is 4.79 Å². The molecule has 1 N–H and O–H groups in total. The molecule has 3 rings (SSSR count). The van der Waals surface area contributed by atoms with Gasteiger partial charge in [-0.3, -0.25) is 0 Å². The first-order valence-corrected chi connectivity index (χ1v) is 9.57. The van der Waals surface area contributed by atoms with Crippen LogP contribution in [0.3, 0.4) is 0 Å². The first-order valence-electron chi connectivity index (χ1n) is 9.57. The normalized spacial score (nSPS) is 14.1. The van der Waals surface area contributed by atoms with Crippen LogP contribution in [0, 0.1) is 6.92 Å². The summed E-state index contributed by atoms with van der Waals surface area (Å²) in [5.74, 6) is 0.0591. The van der Waals surface area contributed by atoms with Crippen LogP contribution < -0.4 is 4.74 Å². The van der Waals surface area contributed by atoms with Crippen LogP contribution in [0.1, 0.15) is 67.1 Å². The van der Waals surface area contributed by atoms with Crippen molar-refractivity contribution in [2.24, 2.45) is 0 Å². The summed E-state index contributed by atoms with van der Waals surface area (Å²) in [5.41, 5.74) is 4.07. The van der Waals surface area contributed by atoms with Gasteiger partial charge in [0.15, 0.2) is 0 Å². The lowest BCUT2D eigenvalue weighted by Crippen LogP contribution is -2.29. The van der Waals surface area contributed by atoms with Crippen LogP contribution in [0.2, 0.25) is 0 Å². The van der Waals surface area contributed by atoms with Gasteiger partial charge in [-0.05, 0) is 50.8 Å². The number of phenolic OH excluding ortho intramolecular Hbond substituents is 1. The van der Waals surface area contributed by atoms with Crippen LogP contribution >= 0.6 is 0 Å². The molecule has 2 aromatic carbocycles. The molecule has 0 atom stereocenters. The molecule has 27 heavy (non-hydrogen) atoms. The van der Waals surface area contributed by atoms with E-state index in [4.69, 9.17) is 9.47 Å². The Morgan fingerprint density at radius 3 is 2.63 bits per heavy atom. The highest BCUT2D eigenvalue weighted by Crippen LogP contribution is 2.51. The minimum absolute atomic E-state index is 0.0480. The van der Waals surface area contributed by atoms with E-state index in [0.29, 0.717) is 17.7 Å². The third-order valence-corrected chi connectivity index (χ3v) is 5.24. The molecule has 144 valence electrons. The van der Waals surface area contributed by atoms with Crippen molar-refractivity contribution in [2.45, 2.75) is 59.0 Å². The zero-order valence-corrected chi connectivity index (χ0v) is 16.8. The molecule has 1 aliphatic heterocycles. The number of ether oxygens (including phenoxy) is 2. The molecular formula is C23H28O4. The van der Waals surface area contributed by atoms with Crippen LogP contribution in [0.4, 0.5) is 0 Å². The van der Waals surface area contributed by atoms with Crippen LogP contribution in [-0.2, 0) is 16.8 Å². The number of methoxy groups -OCH3 is 1. The third kappa shape index (κ3) is 3.41. The van der Waals surface area contributed by atoms with Gasteiger partial charge in [0, 0.05) is 5.56 Å². The maximum absolute atomic E-state index is 12.5. The molecule has 2 aromatic rings. The van der Waals surface area contributed by atoms with Gasteiger partial charge in [-0.1, -0.05) is 43.5 Å². The van der Waals surface area contributed by atoms with Crippen molar-refractivity contribution in [3.05, 3.63) is 46.5 Å². The molecule has 0 aromatic heterocycles. The molecule has 4 heteroatoms. The number of fused-ring (bicyclic) bond motifs is 3. The van der Waals surface area contributed by atoms with Gasteiger partial charge in [0.25, 0.3) is 0 Å². The lowest BCUT2D eigenvalue weighted by molar-refractivity contribution is 0.0595. The minimum Gasteiger partial charge on any atom is -0.506 e. The summed E-state index contributed by atoms with van der Waals surface area (Å²) < 4.78 is 11.2. The summed E-state index contributed by atoms with van der Waals surface area (Å²) in [5, 5.41) is 11.1. The van der Waals surface area contributed by atoms with Crippen LogP contribution in [0.5, 0.6) is 11.5 Å². The van der Waals surface area contributed by atoms with Gasteiger partial charge in [-0.2, -0.15) is 0 Å². The predicted molar refractivity (Wildman–Crippen MR) is 107 cm³/mol. The molecule has 0 aliphatic carbocycles. The monoisotopic (exact) mass is 368 g/mol. The van der Waals surface area contributed by atoms with Crippen LogP contribution in [-0.4, -0.2) is 18.2 Å². The van der Waals surface area contributed by atoms with E-state index in [0.717, 1.165) is 41.5 Å². The smallest absolute Gasteiger partial charge is 0.341 e. The lowest BCUT2D eigenvalue weighted by atomic mass is 9.83. The van der Waals surface area contributed by atoms with Gasteiger partial charge < -0.3 is 14.6 Å². The third-order valence-electron chi connectivity index (χ3n) is 5.24. The molecular weight excluding hydrogens is 340 g/mol. The van der Waals surface area contributed by atoms with Crippen molar-refractivity contribution < 1.29 is 19.4 Å². The zero-order valence-electron chi connectivity index (χ0n) is 16.8. The average Bonchev–Trinajstić information content (AvgIpc) is 2.60. The van der Waals surface area contributed by atoms with E-state index in [-0.39, 0.29) is 11.3 Å². The van der Waals surface area contributed by atoms with E-state index in [9.17, 15) is 9.90 Å². The first kappa shape index (κ1) is 19.3. The number of phenols is 1. The molecule has 0 amide bonds. The standard InChI is InChI=1S/C23H28O4/c1-6-7-8-9-15-13-18-20(21(24)19(15)22(25)26-5)16-12-14(2)10-11-17(16)23(3,4)27-18/h10-13,24H,6-9H2,1-5H3. The van der Waals surface area contributed by atoms with Gasteiger partial charge in [-0.15, -0.1) is 0 Å². The lowest BCUT2D eigenvalue weighted by Gasteiger charge is -2.36. The van der Waals surface area contributed by atoms with Crippen LogP contribution in [0.25, 0.3) is 11.1 Å². The summed E-state index contributed by atoms with van der Waals surface area (Å²) in [4.78, 5) is 12.5. The van der Waals surface area contributed by atoms with Crippen molar-refractivity contribution in [1.29, 1.82) is 0 Å². The SMILES string of the molecule is CCCCCc1cc2c(c(O)c1C(=O)OC)-c1cc(C)ccc1C(C)(C)O2. The Hall–Kier alpha value is -2.49. The molecule has 0 fully saturated rings. The number of unbranched alkanes of at least 4 members (excludes halogenated alkanes) is 2. The molecule has 0 saturated carbocycles. The fraction of sp³-hybridized carbons (Fsp3) is 0.435. The molecule has 1 heterocycles. The Morgan fingerprint density at radius 2 is 1.96 bits per heavy atom. The predicted octanol–water partition coefficient (Wildman–Crippen LogP) is 5.51. The van der Waals surface area contributed by atoms with Crippen molar-refractivity contribution in [1.82, 2.24) is 0 Å². The Morgan fingerprint density at radius 1 is 1.22 bits per heavy atom. The Kier molecular flexibility index (Phi) is 5.18. The fourth-order valence-electron chi connectivity index (χ4n) is 3.85. The van der Waals surface area contributed by atoms with E-state index < -0.39 is 11.6 Å². The molecule has 0 spiro atoms. The zero-order chi connectivity index (χ0) is 19.8. The fourth-order valence-corrected chi connectivity index (χ4v) is 3.85. The molecule has 0 unspecified atom stereocenters. The highest BCUT2D eigenvalue weighted by Gasteiger charge is 2.36. The summed E-state index contributed by atoms with van der Waals surface area (Å²) in [6.45, 7) is 8.19. The van der Waals surface area contributed by atoms with E-state index in [1.807, 2.05) is 45.0 Å². The molecule has 0 saturated heterocycles. The summed E-state index contributed by atoms with van der Waals surface area (Å²) >= 11 is 0. The number of esters is 1. The minimum atomic E-state index is -0.518. The van der Waals surface area contributed by atoms with Crippen molar-refractivity contribution in [2.75, 3.05) is 7.11 Å². The molecule has 0 bridgehead atoms. The highest BCUT2D eigenvalue weighted by atomic mass is 16.5.